The lowest BCUT2D eigenvalue weighted by Crippen LogP contribution is -2.31. The van der Waals surface area contributed by atoms with E-state index in [0.29, 0.717) is 13.1 Å². The molecular formula is C11H19N3OS. The molecule has 0 bridgehead atoms. The van der Waals surface area contributed by atoms with Crippen molar-refractivity contribution in [1.29, 1.82) is 0 Å². The molecule has 0 unspecified atom stereocenters. The number of nitrogens with zero attached hydrogens (tertiary/aromatic N) is 1. The maximum atomic E-state index is 11.2. The van der Waals surface area contributed by atoms with Crippen LogP contribution in [0.1, 0.15) is 31.5 Å². The minimum Gasteiger partial charge on any atom is -0.348 e. The van der Waals surface area contributed by atoms with Gasteiger partial charge in [-0.1, -0.05) is 20.8 Å². The lowest BCUT2D eigenvalue weighted by Gasteiger charge is -2.14. The molecule has 0 aliphatic rings. The third-order valence-corrected chi connectivity index (χ3v) is 2.94. The van der Waals surface area contributed by atoms with Crippen LogP contribution in [0.5, 0.6) is 0 Å². The highest BCUT2D eigenvalue weighted by atomic mass is 32.1. The number of nitrogens with one attached hydrogen (secondary N) is 2. The Kier molecular flexibility index (Phi) is 4.44. The fourth-order valence-electron chi connectivity index (χ4n) is 1.13. The highest BCUT2D eigenvalue weighted by Gasteiger charge is 2.17. The van der Waals surface area contributed by atoms with Crippen molar-refractivity contribution < 1.29 is 4.79 Å². The molecule has 0 radical (unpaired) electrons. The largest absolute Gasteiger partial charge is 0.348 e. The molecule has 1 amide bonds. The average Bonchev–Trinajstić information content (AvgIpc) is 2.63. The van der Waals surface area contributed by atoms with Gasteiger partial charge in [-0.15, -0.1) is 11.3 Å². The molecule has 4 nitrogen and oxygen atoms in total. The third-order valence-electron chi connectivity index (χ3n) is 2.09. The summed E-state index contributed by atoms with van der Waals surface area (Å²) in [6.07, 6.45) is 0. The summed E-state index contributed by atoms with van der Waals surface area (Å²) in [6, 6.07) is 0. The van der Waals surface area contributed by atoms with Crippen LogP contribution >= 0.6 is 11.3 Å². The topological polar surface area (TPSA) is 54.0 Å². The number of carbonyl (C=O) groups is 1. The van der Waals surface area contributed by atoms with E-state index in [1.807, 2.05) is 0 Å². The highest BCUT2D eigenvalue weighted by molar-refractivity contribution is 7.09. The summed E-state index contributed by atoms with van der Waals surface area (Å²) in [5.41, 5.74) is 1.15. The fourth-order valence-corrected chi connectivity index (χ4v) is 2.09. The van der Waals surface area contributed by atoms with Crippen LogP contribution in [0.2, 0.25) is 0 Å². The number of hydrogen-bond acceptors (Lipinski definition) is 4. The first-order chi connectivity index (χ1) is 7.43. The number of amides is 1. The predicted octanol–water partition coefficient (Wildman–Crippen LogP) is 1.28. The predicted molar refractivity (Wildman–Crippen MR) is 66.6 cm³/mol. The molecule has 0 atom stereocenters. The van der Waals surface area contributed by atoms with E-state index in [-0.39, 0.29) is 11.3 Å². The molecule has 1 rings (SSSR count). The van der Waals surface area contributed by atoms with Gasteiger partial charge in [0.2, 0.25) is 5.91 Å². The quantitative estimate of drug-likeness (QED) is 0.835. The van der Waals surface area contributed by atoms with E-state index < -0.39 is 0 Å². The van der Waals surface area contributed by atoms with Crippen molar-refractivity contribution in [3.63, 3.8) is 0 Å². The van der Waals surface area contributed by atoms with Crippen molar-refractivity contribution in [2.45, 2.75) is 32.7 Å². The monoisotopic (exact) mass is 241 g/mol. The van der Waals surface area contributed by atoms with E-state index in [0.717, 1.165) is 10.7 Å². The first-order valence-corrected chi connectivity index (χ1v) is 6.17. The molecule has 0 aliphatic carbocycles. The second kappa shape index (κ2) is 5.41. The Labute approximate surface area is 100 Å². The van der Waals surface area contributed by atoms with Crippen LogP contribution in [0, 0.1) is 0 Å². The highest BCUT2D eigenvalue weighted by Crippen LogP contribution is 2.23. The summed E-state index contributed by atoms with van der Waals surface area (Å²) in [5, 5.41) is 8.62. The minimum atomic E-state index is -0.00462. The molecule has 0 saturated carbocycles. The second-order valence-corrected chi connectivity index (χ2v) is 5.63. The molecule has 16 heavy (non-hydrogen) atoms. The smallest absolute Gasteiger partial charge is 0.234 e. The number of thiazole rings is 1. The van der Waals surface area contributed by atoms with Crippen LogP contribution in [0.25, 0.3) is 0 Å². The molecule has 5 heteroatoms. The summed E-state index contributed by atoms with van der Waals surface area (Å²) >= 11 is 1.59. The zero-order valence-electron chi connectivity index (χ0n) is 10.3. The second-order valence-electron chi connectivity index (χ2n) is 4.68. The Balaban J connectivity index is 2.50. The first kappa shape index (κ1) is 13.1. The van der Waals surface area contributed by atoms with Crippen LogP contribution in [0.4, 0.5) is 0 Å². The Morgan fingerprint density at radius 3 is 2.69 bits per heavy atom. The Hall–Kier alpha value is -0.940. The van der Waals surface area contributed by atoms with Crippen molar-refractivity contribution in [2.75, 3.05) is 13.6 Å². The molecule has 2 N–H and O–H groups in total. The van der Waals surface area contributed by atoms with Crippen LogP contribution in [-0.4, -0.2) is 24.5 Å². The molecule has 1 aromatic heterocycles. The van der Waals surface area contributed by atoms with E-state index in [2.05, 4.69) is 41.8 Å². The van der Waals surface area contributed by atoms with Gasteiger partial charge in [-0.2, -0.15) is 0 Å². The lowest BCUT2D eigenvalue weighted by atomic mass is 9.93. The zero-order chi connectivity index (χ0) is 12.2. The summed E-state index contributed by atoms with van der Waals surface area (Å²) in [5.74, 6) is -0.00462. The number of carbonyl (C=O) groups excluding carboxylic acids is 1. The summed E-state index contributed by atoms with van der Waals surface area (Å²) in [4.78, 5) is 15.7. The van der Waals surface area contributed by atoms with Crippen molar-refractivity contribution in [3.05, 3.63) is 16.1 Å². The number of rotatable bonds is 4. The van der Waals surface area contributed by atoms with Gasteiger partial charge in [-0.3, -0.25) is 4.79 Å². The lowest BCUT2D eigenvalue weighted by molar-refractivity contribution is -0.120. The third kappa shape index (κ3) is 3.90. The number of hydrogen-bond donors (Lipinski definition) is 2. The van der Waals surface area contributed by atoms with Gasteiger partial charge in [0.15, 0.2) is 0 Å². The van der Waals surface area contributed by atoms with E-state index in [1.165, 1.54) is 0 Å². The fraction of sp³-hybridized carbons (Fsp3) is 0.636. The minimum absolute atomic E-state index is 0.00462. The van der Waals surface area contributed by atoms with Gasteiger partial charge in [-0.25, -0.2) is 4.98 Å². The summed E-state index contributed by atoms with van der Waals surface area (Å²) in [6.45, 7) is 7.25. The van der Waals surface area contributed by atoms with Gasteiger partial charge in [-0.05, 0) is 7.05 Å². The zero-order valence-corrected chi connectivity index (χ0v) is 11.1. The van der Waals surface area contributed by atoms with E-state index in [9.17, 15) is 4.79 Å². The molecule has 0 saturated heterocycles. The molecule has 0 aromatic carbocycles. The molecule has 0 fully saturated rings. The molecule has 1 heterocycles. The average molecular weight is 241 g/mol. The molecule has 1 aromatic rings. The van der Waals surface area contributed by atoms with Gasteiger partial charge in [0.05, 0.1) is 18.8 Å². The van der Waals surface area contributed by atoms with E-state index in [1.54, 1.807) is 18.4 Å². The van der Waals surface area contributed by atoms with E-state index >= 15 is 0 Å². The maximum absolute atomic E-state index is 11.2. The van der Waals surface area contributed by atoms with Gasteiger partial charge >= 0.3 is 0 Å². The number of likely N-dealkylation sites (N-methyl/N-ethyl adjacent to an activating group) is 1. The van der Waals surface area contributed by atoms with Crippen LogP contribution in [-0.2, 0) is 16.8 Å². The van der Waals surface area contributed by atoms with Gasteiger partial charge < -0.3 is 10.6 Å². The maximum Gasteiger partial charge on any atom is 0.234 e. The van der Waals surface area contributed by atoms with Crippen molar-refractivity contribution in [1.82, 2.24) is 15.6 Å². The van der Waals surface area contributed by atoms with Gasteiger partial charge in [0.25, 0.3) is 0 Å². The van der Waals surface area contributed by atoms with Crippen LogP contribution in [0.15, 0.2) is 5.38 Å². The molecule has 0 aliphatic heterocycles. The molecular weight excluding hydrogens is 222 g/mol. The van der Waals surface area contributed by atoms with Crippen LogP contribution < -0.4 is 10.6 Å². The normalized spacial score (nSPS) is 11.5. The van der Waals surface area contributed by atoms with Crippen molar-refractivity contribution in [3.8, 4) is 0 Å². The van der Waals surface area contributed by atoms with Crippen LogP contribution in [0.3, 0.4) is 0 Å². The Morgan fingerprint density at radius 1 is 1.50 bits per heavy atom. The van der Waals surface area contributed by atoms with E-state index in [4.69, 9.17) is 0 Å². The SMILES string of the molecule is CNCC(=O)NCc1nc(C(C)(C)C)cs1. The van der Waals surface area contributed by atoms with Gasteiger partial charge in [0.1, 0.15) is 5.01 Å². The Morgan fingerprint density at radius 2 is 2.19 bits per heavy atom. The van der Waals surface area contributed by atoms with Crippen molar-refractivity contribution in [2.24, 2.45) is 0 Å². The summed E-state index contributed by atoms with van der Waals surface area (Å²) < 4.78 is 0. The molecule has 0 spiro atoms. The summed E-state index contributed by atoms with van der Waals surface area (Å²) in [7, 11) is 1.75. The standard InChI is InChI=1S/C11H19N3OS/c1-11(2,3)8-7-16-10(14-8)6-13-9(15)5-12-4/h7,12H,5-6H2,1-4H3,(H,13,15). The molecule has 90 valence electrons. The van der Waals surface area contributed by atoms with Crippen molar-refractivity contribution >= 4 is 17.2 Å². The Bertz CT molecular complexity index is 354. The number of aromatic nitrogens is 1. The van der Waals surface area contributed by atoms with Gasteiger partial charge in [0, 0.05) is 10.8 Å². The first-order valence-electron chi connectivity index (χ1n) is 5.29.